The summed E-state index contributed by atoms with van der Waals surface area (Å²) in [5.74, 6) is 0.438. The summed E-state index contributed by atoms with van der Waals surface area (Å²) in [6, 6.07) is 5.30. The van der Waals surface area contributed by atoms with Crippen LogP contribution >= 0.6 is 11.3 Å². The van der Waals surface area contributed by atoms with E-state index in [1.54, 1.807) is 29.9 Å². The lowest BCUT2D eigenvalue weighted by molar-refractivity contribution is -0.125. The highest BCUT2D eigenvalue weighted by atomic mass is 32.1. The minimum atomic E-state index is -0.460. The lowest BCUT2D eigenvalue weighted by Crippen LogP contribution is -2.27. The third-order valence-corrected chi connectivity index (χ3v) is 7.84. The van der Waals surface area contributed by atoms with E-state index in [4.69, 9.17) is 15.2 Å². The zero-order valence-corrected chi connectivity index (χ0v) is 23.1. The predicted octanol–water partition coefficient (Wildman–Crippen LogP) is 3.76. The molecule has 0 radical (unpaired) electrons. The number of nitrogens with zero attached hydrogens (tertiary/aromatic N) is 5. The molecule has 1 saturated heterocycles. The number of hydrogen-bond donors (Lipinski definition) is 1. The van der Waals surface area contributed by atoms with Crippen molar-refractivity contribution in [3.8, 4) is 21.9 Å². The van der Waals surface area contributed by atoms with Gasteiger partial charge in [0.25, 0.3) is 0 Å². The van der Waals surface area contributed by atoms with E-state index in [1.165, 1.54) is 25.6 Å². The number of benzene rings is 1. The van der Waals surface area contributed by atoms with Crippen molar-refractivity contribution in [2.75, 3.05) is 55.0 Å². The summed E-state index contributed by atoms with van der Waals surface area (Å²) in [4.78, 5) is 21.5. The topological polar surface area (TPSA) is 97.7 Å². The van der Waals surface area contributed by atoms with Crippen LogP contribution in [0.5, 0.6) is 11.5 Å². The molecule has 3 heterocycles. The van der Waals surface area contributed by atoms with Gasteiger partial charge in [-0.15, -0.1) is 11.3 Å². The van der Waals surface area contributed by atoms with Crippen LogP contribution in [0.25, 0.3) is 20.5 Å². The molecule has 11 heteroatoms. The number of thiophene rings is 1. The van der Waals surface area contributed by atoms with Crippen molar-refractivity contribution < 1.29 is 18.7 Å². The van der Waals surface area contributed by atoms with Gasteiger partial charge >= 0.3 is 0 Å². The van der Waals surface area contributed by atoms with Gasteiger partial charge < -0.3 is 25.0 Å². The van der Waals surface area contributed by atoms with Crippen LogP contribution in [0.4, 0.5) is 4.39 Å². The molecule has 1 aliphatic heterocycles. The lowest BCUT2D eigenvalue weighted by Gasteiger charge is -2.15. The van der Waals surface area contributed by atoms with Gasteiger partial charge in [-0.1, -0.05) is 6.08 Å². The second-order valence-corrected chi connectivity index (χ2v) is 10.3. The van der Waals surface area contributed by atoms with Crippen LogP contribution in [-0.2, 0) is 4.79 Å². The first kappa shape index (κ1) is 27.3. The zero-order chi connectivity index (χ0) is 27.6. The average molecular weight is 541 g/mol. The van der Waals surface area contributed by atoms with Gasteiger partial charge in [0.05, 0.1) is 18.9 Å². The number of rotatable bonds is 9. The molecule has 0 aliphatic carbocycles. The Kier molecular flexibility index (Phi) is 8.17. The summed E-state index contributed by atoms with van der Waals surface area (Å²) in [6.07, 6.45) is 4.25. The highest BCUT2D eigenvalue weighted by Gasteiger charge is 2.32. The number of halogens is 1. The van der Waals surface area contributed by atoms with Crippen molar-refractivity contribution >= 4 is 39.9 Å². The van der Waals surface area contributed by atoms with Crippen molar-refractivity contribution in [2.24, 2.45) is 15.8 Å². The molecule has 1 atom stereocenters. The Morgan fingerprint density at radius 2 is 2.03 bits per heavy atom. The molecule has 2 N–H and O–H groups in total. The van der Waals surface area contributed by atoms with Crippen molar-refractivity contribution in [3.05, 3.63) is 47.6 Å². The molecule has 1 unspecified atom stereocenters. The number of ether oxygens (including phenoxy) is 2. The third kappa shape index (κ3) is 5.03. The maximum Gasteiger partial charge on any atom is 0.246 e. The quantitative estimate of drug-likeness (QED) is 0.253. The monoisotopic (exact) mass is 540 g/mol. The Hall–Kier alpha value is -3.70. The highest BCUT2D eigenvalue weighted by molar-refractivity contribution is 7.22. The SMILES string of the molecule is C=Nn1c(C2CCN(C(=O)/C=C/CN(C)C)C2)cc(-c2cc3c(F)c(OC)cc(OC)c3s2)c1/C(N)=N\C. The van der Waals surface area contributed by atoms with Crippen LogP contribution in [0.15, 0.2) is 40.4 Å². The van der Waals surface area contributed by atoms with E-state index in [1.807, 2.05) is 36.0 Å². The minimum absolute atomic E-state index is 0.0181. The van der Waals surface area contributed by atoms with Crippen LogP contribution in [0.1, 0.15) is 23.7 Å². The number of methoxy groups -OCH3 is 2. The van der Waals surface area contributed by atoms with Crippen LogP contribution in [0.3, 0.4) is 0 Å². The summed E-state index contributed by atoms with van der Waals surface area (Å²) < 4.78 is 28.3. The maximum absolute atomic E-state index is 15.2. The summed E-state index contributed by atoms with van der Waals surface area (Å²) in [5, 5.41) is 4.66. The first-order valence-electron chi connectivity index (χ1n) is 12.1. The zero-order valence-electron chi connectivity index (χ0n) is 22.3. The number of hydrogen-bond acceptors (Lipinski definition) is 7. The van der Waals surface area contributed by atoms with Crippen LogP contribution in [-0.4, -0.2) is 87.9 Å². The summed E-state index contributed by atoms with van der Waals surface area (Å²) >= 11 is 1.38. The van der Waals surface area contributed by atoms with Gasteiger partial charge in [0.2, 0.25) is 5.91 Å². The fourth-order valence-electron chi connectivity index (χ4n) is 4.73. The number of amides is 1. The Morgan fingerprint density at radius 1 is 1.29 bits per heavy atom. The number of fused-ring (bicyclic) bond motifs is 1. The molecule has 2 aromatic heterocycles. The first-order valence-corrected chi connectivity index (χ1v) is 12.9. The van der Waals surface area contributed by atoms with E-state index in [9.17, 15) is 4.79 Å². The summed E-state index contributed by atoms with van der Waals surface area (Å²) in [5.41, 5.74) is 8.55. The number of aliphatic imine (C=N–C) groups is 1. The molecule has 1 aromatic carbocycles. The minimum Gasteiger partial charge on any atom is -0.495 e. The number of carbonyl (C=O) groups excluding carboxylic acids is 1. The average Bonchev–Trinajstić information content (AvgIpc) is 3.64. The number of carbonyl (C=O) groups is 1. The van der Waals surface area contributed by atoms with Gasteiger partial charge in [-0.25, -0.2) is 9.07 Å². The van der Waals surface area contributed by atoms with E-state index in [-0.39, 0.29) is 23.4 Å². The number of amidine groups is 1. The van der Waals surface area contributed by atoms with Crippen LogP contribution < -0.4 is 15.2 Å². The molecule has 4 rings (SSSR count). The van der Waals surface area contributed by atoms with E-state index in [0.29, 0.717) is 41.2 Å². The summed E-state index contributed by atoms with van der Waals surface area (Å²) in [6.45, 7) is 5.64. The van der Waals surface area contributed by atoms with Crippen LogP contribution in [0, 0.1) is 5.82 Å². The second kappa shape index (κ2) is 11.4. The Labute approximate surface area is 225 Å². The predicted molar refractivity (Wildman–Crippen MR) is 152 cm³/mol. The molecule has 1 aliphatic rings. The second-order valence-electron chi connectivity index (χ2n) is 9.28. The van der Waals surface area contributed by atoms with E-state index >= 15 is 4.39 Å². The number of likely N-dealkylation sites (tertiary alicyclic amines) is 1. The molecule has 202 valence electrons. The Balaban J connectivity index is 1.77. The largest absolute Gasteiger partial charge is 0.495 e. The van der Waals surface area contributed by atoms with Crippen molar-refractivity contribution in [2.45, 2.75) is 12.3 Å². The van der Waals surface area contributed by atoms with Gasteiger partial charge in [-0.2, -0.15) is 5.10 Å². The smallest absolute Gasteiger partial charge is 0.246 e. The van der Waals surface area contributed by atoms with E-state index in [2.05, 4.69) is 16.8 Å². The molecule has 0 saturated carbocycles. The van der Waals surface area contributed by atoms with Gasteiger partial charge in [0, 0.05) is 73.0 Å². The molecular weight excluding hydrogens is 507 g/mol. The van der Waals surface area contributed by atoms with Crippen molar-refractivity contribution in [1.29, 1.82) is 0 Å². The molecule has 0 spiro atoms. The third-order valence-electron chi connectivity index (χ3n) is 6.65. The van der Waals surface area contributed by atoms with Gasteiger partial charge in [-0.3, -0.25) is 9.79 Å². The van der Waals surface area contributed by atoms with E-state index < -0.39 is 5.82 Å². The van der Waals surface area contributed by atoms with Gasteiger partial charge in [-0.05, 0) is 32.6 Å². The molecule has 38 heavy (non-hydrogen) atoms. The lowest BCUT2D eigenvalue weighted by atomic mass is 10.0. The molecule has 1 fully saturated rings. The first-order chi connectivity index (χ1) is 18.2. The molecule has 3 aromatic rings. The molecule has 1 amide bonds. The maximum atomic E-state index is 15.2. The normalized spacial score (nSPS) is 16.2. The fourth-order valence-corrected chi connectivity index (χ4v) is 5.89. The van der Waals surface area contributed by atoms with Crippen LogP contribution in [0.2, 0.25) is 0 Å². The summed E-state index contributed by atoms with van der Waals surface area (Å²) in [7, 11) is 8.47. The highest BCUT2D eigenvalue weighted by Crippen LogP contribution is 2.45. The molecule has 9 nitrogen and oxygen atoms in total. The van der Waals surface area contributed by atoms with Gasteiger partial charge in [0.15, 0.2) is 11.6 Å². The number of likely N-dealkylation sites (N-methyl/N-ethyl adjacent to an activating group) is 1. The standard InChI is InChI=1S/C27H33FN6O3S/c1-30-27(29)25-17(22-13-18-24(28)20(36-5)14-21(37-6)26(18)38-22)12-19(34(25)31-2)16-9-11-33(15-16)23(35)8-7-10-32(3)4/h7-8,12-14,16H,2,9-11,15H2,1,3-6H3,(H2,29,30)/b8-7+. The fraction of sp³-hybridized carbons (Fsp3) is 0.370. The van der Waals surface area contributed by atoms with Gasteiger partial charge in [0.1, 0.15) is 17.3 Å². The molecule has 0 bridgehead atoms. The Morgan fingerprint density at radius 3 is 2.66 bits per heavy atom. The van der Waals surface area contributed by atoms with Crippen molar-refractivity contribution in [1.82, 2.24) is 14.5 Å². The van der Waals surface area contributed by atoms with E-state index in [0.717, 1.165) is 22.6 Å². The Bertz CT molecular complexity index is 1420. The molecular formula is C27H33FN6O3S. The van der Waals surface area contributed by atoms with Crippen molar-refractivity contribution in [3.63, 3.8) is 0 Å². The number of aromatic nitrogens is 1. The number of nitrogens with two attached hydrogens (primary N) is 1.